The number of aliphatic carboxylic acids is 4. The number of carboxylic acid groups (broad SMARTS) is 4. The van der Waals surface area contributed by atoms with Crippen LogP contribution < -0.4 is 0 Å². The van der Waals surface area contributed by atoms with E-state index in [1.807, 2.05) is 67.7 Å². The van der Waals surface area contributed by atoms with E-state index in [0.717, 1.165) is 154 Å². The number of unbranched alkanes of at least 4 members (excludes halogenated alkanes) is 21. The van der Waals surface area contributed by atoms with Gasteiger partial charge in [-0.15, -0.1) is 0 Å². The molecule has 0 aliphatic carbocycles. The monoisotopic (exact) mass is 1260 g/mol. The zero-order valence-corrected chi connectivity index (χ0v) is 54.7. The molecule has 0 saturated heterocycles. The second-order valence-electron chi connectivity index (χ2n) is 23.6. The zero-order valence-electron chi connectivity index (χ0n) is 54.7. The molecular weight excluding hydrogens is 1140 g/mol. The van der Waals surface area contributed by atoms with E-state index in [1.54, 1.807) is 6.92 Å². The number of carbonyl (C=O) groups is 8. The molecule has 0 fully saturated rings. The molecule has 0 heterocycles. The van der Waals surface area contributed by atoms with Gasteiger partial charge in [0.25, 0.3) is 0 Å². The highest BCUT2D eigenvalue weighted by atomic mass is 16.6. The minimum absolute atomic E-state index is 0.0162. The minimum atomic E-state index is -1.13. The summed E-state index contributed by atoms with van der Waals surface area (Å²) in [6.07, 6.45) is 46.9. The lowest BCUT2D eigenvalue weighted by atomic mass is 9.84. The largest absolute Gasteiger partial charge is 0.481 e. The molecule has 0 aliphatic rings. The maximum atomic E-state index is 13.1. The molecule has 508 valence electrons. The normalized spacial score (nSPS) is 14.7. The Labute approximate surface area is 533 Å². The van der Waals surface area contributed by atoms with Crippen LogP contribution in [0.25, 0.3) is 0 Å². The molecule has 0 aromatic heterocycles. The second kappa shape index (κ2) is 57.3. The van der Waals surface area contributed by atoms with Crippen molar-refractivity contribution in [2.45, 2.75) is 265 Å². The van der Waals surface area contributed by atoms with Gasteiger partial charge in [-0.05, 0) is 101 Å². The lowest BCUT2D eigenvalue weighted by molar-refractivity contribution is -0.167. The summed E-state index contributed by atoms with van der Waals surface area (Å²) in [6, 6.07) is 0. The molecule has 0 bridgehead atoms. The van der Waals surface area contributed by atoms with Crippen molar-refractivity contribution in [1.29, 1.82) is 0 Å². The molecule has 0 amide bonds. The van der Waals surface area contributed by atoms with Crippen molar-refractivity contribution in [3.63, 3.8) is 0 Å². The van der Waals surface area contributed by atoms with Gasteiger partial charge in [-0.1, -0.05) is 210 Å². The number of carbonyl (C=O) groups excluding carboxylic acids is 4. The van der Waals surface area contributed by atoms with E-state index < -0.39 is 91.2 Å². The molecule has 0 radical (unpaired) electrons. The predicted molar refractivity (Wildman–Crippen MR) is 346 cm³/mol. The Morgan fingerprint density at radius 3 is 1.36 bits per heavy atom. The van der Waals surface area contributed by atoms with Crippen LogP contribution in [0.2, 0.25) is 0 Å². The first-order chi connectivity index (χ1) is 42.9. The molecule has 89 heavy (non-hydrogen) atoms. The van der Waals surface area contributed by atoms with Crippen LogP contribution in [0.3, 0.4) is 0 Å². The van der Waals surface area contributed by atoms with E-state index in [1.165, 1.54) is 0 Å². The summed E-state index contributed by atoms with van der Waals surface area (Å²) >= 11 is 0. The lowest BCUT2D eigenvalue weighted by Gasteiger charge is -2.20. The van der Waals surface area contributed by atoms with E-state index in [4.69, 9.17) is 24.1 Å². The summed E-state index contributed by atoms with van der Waals surface area (Å²) in [5, 5.41) is 56.5. The number of ether oxygens (including phenoxy) is 4. The maximum absolute atomic E-state index is 13.1. The van der Waals surface area contributed by atoms with Crippen molar-refractivity contribution in [3.05, 3.63) is 72.9 Å². The molecule has 0 aromatic carbocycles. The number of aliphatic hydroxyl groups is 2. The fraction of sp³-hybridized carbons (Fsp3) is 0.718. The van der Waals surface area contributed by atoms with Gasteiger partial charge in [-0.25, -0.2) is 0 Å². The van der Waals surface area contributed by atoms with Crippen molar-refractivity contribution in [3.8, 4) is 0 Å². The van der Waals surface area contributed by atoms with E-state index >= 15 is 0 Å². The number of hydrogen-bond acceptors (Lipinski definition) is 14. The molecule has 8 unspecified atom stereocenters. The molecular formula is C71H116O18. The number of hydrogen-bond donors (Lipinski definition) is 6. The average Bonchev–Trinajstić information content (AvgIpc) is 3.50. The Morgan fingerprint density at radius 2 is 0.854 bits per heavy atom. The van der Waals surface area contributed by atoms with Crippen LogP contribution >= 0.6 is 0 Å². The molecule has 0 aromatic rings. The summed E-state index contributed by atoms with van der Waals surface area (Å²) in [5.74, 6) is -9.32. The lowest BCUT2D eigenvalue weighted by Crippen LogP contribution is -2.30. The first kappa shape index (κ1) is 83.1. The number of esters is 4. The molecule has 0 rings (SSSR count). The zero-order chi connectivity index (χ0) is 66.1. The Hall–Kier alpha value is -5.88. The third kappa shape index (κ3) is 48.6. The van der Waals surface area contributed by atoms with E-state index in [-0.39, 0.29) is 62.8 Å². The van der Waals surface area contributed by atoms with Gasteiger partial charge in [0.15, 0.2) is 6.10 Å². The average molecular weight is 1260 g/mol. The van der Waals surface area contributed by atoms with Gasteiger partial charge in [-0.3, -0.25) is 38.4 Å². The maximum Gasteiger partial charge on any atom is 0.309 e. The SMILES string of the molecule is CCCCCCCCC(/C=C/CCCCCCC(=O)OC(COC(=O)CCCCCCC/C=C\C=C\C(CCCCC)C(CC(=O)O)C(=O)O)COC(=O)CCCCCCC/C=C\C/C=C\C=C\C(CC)C(C)C(=O)OCC(O)CO)C(CC(=O)O)C(=O)O. The van der Waals surface area contributed by atoms with Gasteiger partial charge in [0.1, 0.15) is 25.9 Å². The Kier molecular flexibility index (Phi) is 53.5. The summed E-state index contributed by atoms with van der Waals surface area (Å²) in [5.41, 5.74) is 0. The van der Waals surface area contributed by atoms with Gasteiger partial charge in [-0.2, -0.15) is 0 Å². The van der Waals surface area contributed by atoms with Crippen LogP contribution in [-0.2, 0) is 57.3 Å². The molecule has 18 nitrogen and oxygen atoms in total. The molecule has 0 aliphatic heterocycles. The van der Waals surface area contributed by atoms with Gasteiger partial charge in [0.2, 0.25) is 0 Å². The number of carboxylic acids is 4. The number of allylic oxidation sites excluding steroid dienone is 12. The van der Waals surface area contributed by atoms with Crippen molar-refractivity contribution < 1.29 is 87.9 Å². The molecule has 18 heteroatoms. The summed E-state index contributed by atoms with van der Waals surface area (Å²) in [4.78, 5) is 97.7. The fourth-order valence-corrected chi connectivity index (χ4v) is 10.3. The first-order valence-corrected chi connectivity index (χ1v) is 33.7. The first-order valence-electron chi connectivity index (χ1n) is 33.7. The third-order valence-corrected chi connectivity index (χ3v) is 15.8. The van der Waals surface area contributed by atoms with Crippen LogP contribution in [0.15, 0.2) is 72.9 Å². The van der Waals surface area contributed by atoms with Crippen LogP contribution in [0.4, 0.5) is 0 Å². The van der Waals surface area contributed by atoms with E-state index in [9.17, 15) is 63.9 Å². The van der Waals surface area contributed by atoms with Crippen molar-refractivity contribution in [2.24, 2.45) is 35.5 Å². The quantitative estimate of drug-likeness (QED) is 0.0108. The van der Waals surface area contributed by atoms with Gasteiger partial charge in [0, 0.05) is 19.3 Å². The van der Waals surface area contributed by atoms with Crippen molar-refractivity contribution in [2.75, 3.05) is 26.4 Å². The predicted octanol–water partition coefficient (Wildman–Crippen LogP) is 15.0. The fourth-order valence-electron chi connectivity index (χ4n) is 10.3. The van der Waals surface area contributed by atoms with Gasteiger partial charge in [0.05, 0.1) is 37.2 Å². The smallest absolute Gasteiger partial charge is 0.309 e. The molecule has 8 atom stereocenters. The third-order valence-electron chi connectivity index (χ3n) is 15.8. The molecule has 0 saturated carbocycles. The van der Waals surface area contributed by atoms with Gasteiger partial charge >= 0.3 is 47.8 Å². The highest BCUT2D eigenvalue weighted by molar-refractivity contribution is 5.79. The Bertz CT molecular complexity index is 2090. The van der Waals surface area contributed by atoms with Crippen molar-refractivity contribution >= 4 is 47.8 Å². The van der Waals surface area contributed by atoms with Crippen molar-refractivity contribution in [1.82, 2.24) is 0 Å². The van der Waals surface area contributed by atoms with Crippen LogP contribution in [0, 0.1) is 35.5 Å². The number of aliphatic hydroxyl groups excluding tert-OH is 2. The topological polar surface area (TPSA) is 295 Å². The Morgan fingerprint density at radius 1 is 0.427 bits per heavy atom. The van der Waals surface area contributed by atoms with E-state index in [0.29, 0.717) is 38.5 Å². The Balaban J connectivity index is 5.16. The number of rotatable bonds is 60. The van der Waals surface area contributed by atoms with Crippen LogP contribution in [0.5, 0.6) is 0 Å². The van der Waals surface area contributed by atoms with Crippen LogP contribution in [0.1, 0.15) is 252 Å². The minimum Gasteiger partial charge on any atom is -0.481 e. The van der Waals surface area contributed by atoms with E-state index in [2.05, 4.69) is 26.0 Å². The summed E-state index contributed by atoms with van der Waals surface area (Å²) < 4.78 is 21.9. The summed E-state index contributed by atoms with van der Waals surface area (Å²) in [7, 11) is 0. The van der Waals surface area contributed by atoms with Gasteiger partial charge < -0.3 is 49.6 Å². The highest BCUT2D eigenvalue weighted by Gasteiger charge is 2.30. The molecule has 6 N–H and O–H groups in total. The highest BCUT2D eigenvalue weighted by Crippen LogP contribution is 2.27. The van der Waals surface area contributed by atoms with Crippen LogP contribution in [-0.4, -0.2) is 117 Å². The summed E-state index contributed by atoms with van der Waals surface area (Å²) in [6.45, 7) is 6.80. The standard InChI is InChI=1S/C71H116O18/c1-5-8-10-11-27-36-45-59(63(70(83)84)51-65(76)77)46-38-30-25-26-33-41-49-68(80)89-61(55-87-67(79)48-40-32-24-20-16-18-22-29-37-44-58(43-34-9-6-2)62(69(81)82)50-64(74)75)54-86-66(78)47-39-31-23-19-15-13-12-14-17-21-28-35-42-57(7-3)56(4)71(85)88-53-60(73)52-72/h12,14,21-22,28-29,35,37-38,42,44,46,56-63,72-73H,5-11,13,15-20,23-27,30-34,36,39-41,43,45,47-55H2,1-4H3,(H,74,75)(H,76,77)(H,81,82)(H,83,84)/b14-12-,28-21-,29-22-,42-35+,44-37+,46-38+. The second-order valence-corrected chi connectivity index (χ2v) is 23.6. The molecule has 0 spiro atoms.